The van der Waals surface area contributed by atoms with Crippen molar-refractivity contribution in [1.82, 2.24) is 0 Å². The molecule has 0 saturated heterocycles. The van der Waals surface area contributed by atoms with Crippen molar-refractivity contribution in [1.29, 1.82) is 0 Å². The standard InChI is InChI=1S/C26H27F3O4S/c1-5-31-15-32-22-14-20(10-11-34-21-8-6-19(7-9-21)26(27,28)29)33-25(30)24(22)23-17(3)12-16(2)13-18(23)4/h6-9,12-14H,5,10-11,15H2,1-4H3. The Morgan fingerprint density at radius 3 is 2.21 bits per heavy atom. The van der Waals surface area contributed by atoms with Gasteiger partial charge in [-0.05, 0) is 68.7 Å². The fraction of sp³-hybridized carbons (Fsp3) is 0.346. The molecule has 182 valence electrons. The number of hydrogen-bond donors (Lipinski definition) is 0. The van der Waals surface area contributed by atoms with Crippen molar-refractivity contribution in [2.75, 3.05) is 19.2 Å². The summed E-state index contributed by atoms with van der Waals surface area (Å²) in [6, 6.07) is 10.7. The van der Waals surface area contributed by atoms with Crippen LogP contribution in [-0.2, 0) is 17.3 Å². The normalized spacial score (nSPS) is 11.6. The van der Waals surface area contributed by atoms with Crippen molar-refractivity contribution < 1.29 is 27.1 Å². The van der Waals surface area contributed by atoms with Gasteiger partial charge in [-0.15, -0.1) is 11.8 Å². The number of halogens is 3. The van der Waals surface area contributed by atoms with Crippen LogP contribution in [0.4, 0.5) is 13.2 Å². The Morgan fingerprint density at radius 2 is 1.62 bits per heavy atom. The summed E-state index contributed by atoms with van der Waals surface area (Å²) in [5, 5.41) is 0. The highest BCUT2D eigenvalue weighted by atomic mass is 32.2. The van der Waals surface area contributed by atoms with Crippen LogP contribution in [0, 0.1) is 20.8 Å². The molecule has 0 aliphatic heterocycles. The van der Waals surface area contributed by atoms with E-state index in [1.165, 1.54) is 23.9 Å². The van der Waals surface area contributed by atoms with Gasteiger partial charge in [0.25, 0.3) is 0 Å². The monoisotopic (exact) mass is 492 g/mol. The van der Waals surface area contributed by atoms with Gasteiger partial charge in [0.2, 0.25) is 0 Å². The molecule has 3 aromatic rings. The van der Waals surface area contributed by atoms with E-state index in [2.05, 4.69) is 0 Å². The number of thioether (sulfide) groups is 1. The van der Waals surface area contributed by atoms with Gasteiger partial charge in [0.15, 0.2) is 6.79 Å². The number of ether oxygens (including phenoxy) is 2. The SMILES string of the molecule is CCOCOc1cc(CCSc2ccc(C(F)(F)F)cc2)oc(=O)c1-c1c(C)cc(C)cc1C. The van der Waals surface area contributed by atoms with Crippen LogP contribution >= 0.6 is 11.8 Å². The first kappa shape index (κ1) is 25.9. The smallest absolute Gasteiger partial charge is 0.416 e. The molecule has 34 heavy (non-hydrogen) atoms. The van der Waals surface area contributed by atoms with E-state index in [1.807, 2.05) is 39.8 Å². The summed E-state index contributed by atoms with van der Waals surface area (Å²) in [5.74, 6) is 1.33. The highest BCUT2D eigenvalue weighted by molar-refractivity contribution is 7.99. The Balaban J connectivity index is 1.83. The van der Waals surface area contributed by atoms with E-state index < -0.39 is 17.4 Å². The Kier molecular flexibility index (Phi) is 8.49. The van der Waals surface area contributed by atoms with Crippen molar-refractivity contribution in [3.8, 4) is 16.9 Å². The molecule has 4 nitrogen and oxygen atoms in total. The number of benzene rings is 2. The second-order valence-corrected chi connectivity index (χ2v) is 9.06. The first-order chi connectivity index (χ1) is 16.1. The first-order valence-electron chi connectivity index (χ1n) is 10.9. The molecule has 0 atom stereocenters. The van der Waals surface area contributed by atoms with Gasteiger partial charge in [-0.1, -0.05) is 17.7 Å². The van der Waals surface area contributed by atoms with Crippen LogP contribution in [0.3, 0.4) is 0 Å². The van der Waals surface area contributed by atoms with Crippen molar-refractivity contribution in [3.63, 3.8) is 0 Å². The molecule has 2 aromatic carbocycles. The van der Waals surface area contributed by atoms with Crippen molar-refractivity contribution in [3.05, 3.63) is 80.9 Å². The number of rotatable bonds is 9. The van der Waals surface area contributed by atoms with E-state index in [0.29, 0.717) is 40.7 Å². The minimum atomic E-state index is -4.36. The van der Waals surface area contributed by atoms with Gasteiger partial charge in [-0.2, -0.15) is 13.2 Å². The van der Waals surface area contributed by atoms with Gasteiger partial charge in [0, 0.05) is 29.7 Å². The molecular weight excluding hydrogens is 465 g/mol. The molecule has 3 rings (SSSR count). The van der Waals surface area contributed by atoms with Crippen molar-refractivity contribution >= 4 is 11.8 Å². The van der Waals surface area contributed by atoms with Gasteiger partial charge in [0.05, 0.1) is 5.56 Å². The van der Waals surface area contributed by atoms with Crippen LogP contribution in [0.15, 0.2) is 56.6 Å². The van der Waals surface area contributed by atoms with Crippen LogP contribution < -0.4 is 10.4 Å². The highest BCUT2D eigenvalue weighted by Gasteiger charge is 2.30. The molecule has 0 aliphatic carbocycles. The lowest BCUT2D eigenvalue weighted by Crippen LogP contribution is -2.12. The average molecular weight is 493 g/mol. The van der Waals surface area contributed by atoms with Crippen LogP contribution in [0.25, 0.3) is 11.1 Å². The molecule has 0 unspecified atom stereocenters. The van der Waals surface area contributed by atoms with E-state index in [0.717, 1.165) is 34.4 Å². The molecule has 1 heterocycles. The zero-order valence-corrected chi connectivity index (χ0v) is 20.4. The van der Waals surface area contributed by atoms with Crippen molar-refractivity contribution in [2.24, 2.45) is 0 Å². The largest absolute Gasteiger partial charge is 0.466 e. The predicted molar refractivity (Wildman–Crippen MR) is 128 cm³/mol. The number of hydrogen-bond acceptors (Lipinski definition) is 5. The predicted octanol–water partition coefficient (Wildman–Crippen LogP) is 6.96. The zero-order chi connectivity index (χ0) is 24.9. The summed E-state index contributed by atoms with van der Waals surface area (Å²) in [7, 11) is 0. The molecule has 8 heteroatoms. The number of alkyl halides is 3. The van der Waals surface area contributed by atoms with Crippen LogP contribution in [0.1, 0.15) is 34.9 Å². The molecule has 0 amide bonds. The molecule has 0 N–H and O–H groups in total. The van der Waals surface area contributed by atoms with Gasteiger partial charge >= 0.3 is 11.8 Å². The van der Waals surface area contributed by atoms with E-state index in [9.17, 15) is 18.0 Å². The minimum Gasteiger partial charge on any atom is -0.466 e. The summed E-state index contributed by atoms with van der Waals surface area (Å²) in [5.41, 5.74) is 2.92. The van der Waals surface area contributed by atoms with Gasteiger partial charge in [-0.3, -0.25) is 0 Å². The molecule has 1 aromatic heterocycles. The van der Waals surface area contributed by atoms with E-state index in [-0.39, 0.29) is 6.79 Å². The lowest BCUT2D eigenvalue weighted by Gasteiger charge is -2.16. The second-order valence-electron chi connectivity index (χ2n) is 7.89. The van der Waals surface area contributed by atoms with Crippen LogP contribution in [0.5, 0.6) is 5.75 Å². The summed E-state index contributed by atoms with van der Waals surface area (Å²) in [6.45, 7) is 8.19. The van der Waals surface area contributed by atoms with Gasteiger partial charge < -0.3 is 13.9 Å². The maximum atomic E-state index is 13.0. The molecule has 0 bridgehead atoms. The maximum absolute atomic E-state index is 13.0. The Bertz CT molecular complexity index is 1160. The van der Waals surface area contributed by atoms with Gasteiger partial charge in [0.1, 0.15) is 17.1 Å². The quantitative estimate of drug-likeness (QED) is 0.184. The lowest BCUT2D eigenvalue weighted by atomic mass is 9.94. The third-order valence-corrected chi connectivity index (χ3v) is 6.21. The second kappa shape index (κ2) is 11.1. The Hall–Kier alpha value is -2.71. The Labute approximate surface area is 201 Å². The summed E-state index contributed by atoms with van der Waals surface area (Å²) >= 11 is 1.38. The zero-order valence-electron chi connectivity index (χ0n) is 19.5. The fourth-order valence-electron chi connectivity index (χ4n) is 3.75. The summed E-state index contributed by atoms with van der Waals surface area (Å²) in [6.07, 6.45) is -3.96. The molecule has 0 saturated carbocycles. The lowest BCUT2D eigenvalue weighted by molar-refractivity contribution is -0.137. The third-order valence-electron chi connectivity index (χ3n) is 5.19. The van der Waals surface area contributed by atoms with Crippen molar-refractivity contribution in [2.45, 2.75) is 45.2 Å². The van der Waals surface area contributed by atoms with Gasteiger partial charge in [-0.25, -0.2) is 4.79 Å². The Morgan fingerprint density at radius 1 is 0.971 bits per heavy atom. The fourth-order valence-corrected chi connectivity index (χ4v) is 4.62. The van der Waals surface area contributed by atoms with E-state index in [1.54, 1.807) is 6.07 Å². The minimum absolute atomic E-state index is 0.00332. The van der Waals surface area contributed by atoms with E-state index >= 15 is 0 Å². The average Bonchev–Trinajstić information content (AvgIpc) is 2.75. The molecular formula is C26H27F3O4S. The third kappa shape index (κ3) is 6.45. The summed E-state index contributed by atoms with van der Waals surface area (Å²) in [4.78, 5) is 13.7. The van der Waals surface area contributed by atoms with Crippen LogP contribution in [0.2, 0.25) is 0 Å². The first-order valence-corrected chi connectivity index (χ1v) is 11.8. The highest BCUT2D eigenvalue weighted by Crippen LogP contribution is 2.34. The maximum Gasteiger partial charge on any atom is 0.416 e. The van der Waals surface area contributed by atoms with Crippen LogP contribution in [-0.4, -0.2) is 19.2 Å². The summed E-state index contributed by atoms with van der Waals surface area (Å²) < 4.78 is 54.9. The van der Waals surface area contributed by atoms with E-state index in [4.69, 9.17) is 13.9 Å². The topological polar surface area (TPSA) is 48.7 Å². The molecule has 0 fully saturated rings. The number of aryl methyl sites for hydroxylation is 4. The molecule has 0 aliphatic rings. The molecule has 0 radical (unpaired) electrons. The molecule has 0 spiro atoms.